The highest BCUT2D eigenvalue weighted by atomic mass is 79.9. The number of aromatic hydroxyl groups is 1. The van der Waals surface area contributed by atoms with Crippen LogP contribution in [0.2, 0.25) is 0 Å². The molecule has 30 heavy (non-hydrogen) atoms. The molecule has 2 N–H and O–H groups in total. The summed E-state index contributed by atoms with van der Waals surface area (Å²) < 4.78 is 0. The van der Waals surface area contributed by atoms with E-state index in [0.717, 1.165) is 0 Å². The van der Waals surface area contributed by atoms with Gasteiger partial charge in [0.25, 0.3) is 0 Å². The van der Waals surface area contributed by atoms with Gasteiger partial charge in [-0.1, -0.05) is 40.2 Å². The first-order valence-electron chi connectivity index (χ1n) is 8.47. The fraction of sp³-hybridized carbons (Fsp3) is 0.0952. The summed E-state index contributed by atoms with van der Waals surface area (Å²) >= 11 is 4.57. The molecule has 0 saturated carbocycles. The van der Waals surface area contributed by atoms with Gasteiger partial charge in [0, 0.05) is 27.1 Å². The van der Waals surface area contributed by atoms with Gasteiger partial charge in [0.15, 0.2) is 17.1 Å². The number of phenolic OH excluding ortho intramolecular Hbond substituents is 1. The van der Waals surface area contributed by atoms with Crippen molar-refractivity contribution < 1.29 is 14.7 Å². The summed E-state index contributed by atoms with van der Waals surface area (Å²) in [5.74, 6) is -0.836. The van der Waals surface area contributed by atoms with Crippen molar-refractivity contribution in [1.29, 1.82) is 15.8 Å². The predicted molar refractivity (Wildman–Crippen MR) is 113 cm³/mol. The molecule has 0 atom stereocenters. The van der Waals surface area contributed by atoms with Crippen molar-refractivity contribution >= 4 is 44.9 Å². The van der Waals surface area contributed by atoms with Gasteiger partial charge >= 0.3 is 0 Å². The van der Waals surface area contributed by atoms with Crippen molar-refractivity contribution in [3.8, 4) is 24.0 Å². The quantitative estimate of drug-likeness (QED) is 0.243. The number of carbonyl (C=O) groups is 2. The third-order valence-electron chi connectivity index (χ3n) is 4.31. The number of anilines is 1. The molecule has 0 fully saturated rings. The van der Waals surface area contributed by atoms with Crippen molar-refractivity contribution in [3.05, 3.63) is 63.9 Å². The Morgan fingerprint density at radius 2 is 1.63 bits per heavy atom. The van der Waals surface area contributed by atoms with Gasteiger partial charge in [-0.2, -0.15) is 15.8 Å². The van der Waals surface area contributed by atoms with Crippen LogP contribution in [0.25, 0.3) is 0 Å². The van der Waals surface area contributed by atoms with Gasteiger partial charge in [-0.15, -0.1) is 11.8 Å². The summed E-state index contributed by atoms with van der Waals surface area (Å²) in [6, 6.07) is 12.6. The Labute approximate surface area is 184 Å². The van der Waals surface area contributed by atoms with E-state index in [1.54, 1.807) is 30.3 Å². The fourth-order valence-corrected chi connectivity index (χ4v) is 4.32. The van der Waals surface area contributed by atoms with E-state index in [-0.39, 0.29) is 39.4 Å². The Morgan fingerprint density at radius 3 is 2.17 bits per heavy atom. The molecule has 2 aromatic rings. The van der Waals surface area contributed by atoms with Crippen molar-refractivity contribution in [3.63, 3.8) is 0 Å². The third kappa shape index (κ3) is 3.55. The maximum Gasteiger partial charge on any atom is 0.198 e. The molecule has 1 aliphatic rings. The number of nitriles is 3. The first-order valence-corrected chi connectivity index (χ1v) is 10.6. The zero-order valence-electron chi connectivity index (χ0n) is 15.2. The molecule has 0 radical (unpaired) electrons. The highest BCUT2D eigenvalue weighted by Gasteiger charge is 2.35. The number of alkyl halides is 1. The minimum Gasteiger partial charge on any atom is -0.507 e. The lowest BCUT2D eigenvalue weighted by Crippen LogP contribution is -2.23. The maximum atomic E-state index is 13.3. The molecule has 2 aromatic carbocycles. The second-order valence-corrected chi connectivity index (χ2v) is 7.90. The van der Waals surface area contributed by atoms with Gasteiger partial charge in [0.05, 0.1) is 16.8 Å². The van der Waals surface area contributed by atoms with Crippen molar-refractivity contribution in [2.24, 2.45) is 0 Å². The Morgan fingerprint density at radius 1 is 1.03 bits per heavy atom. The van der Waals surface area contributed by atoms with E-state index in [0.29, 0.717) is 16.0 Å². The standard InChI is InChI=1S/C21H11BrN4O3S/c22-5-6-30-16-7-15(27)17-18(19(16)26-14(10-25)11(8-23)9-24)21(29)13-4-2-1-3-12(13)20(17)28/h1-4,7,26-27H,5-6H2. The Hall–Kier alpha value is -3.58. The van der Waals surface area contributed by atoms with Crippen LogP contribution in [-0.2, 0) is 0 Å². The molecule has 0 spiro atoms. The van der Waals surface area contributed by atoms with E-state index in [4.69, 9.17) is 10.5 Å². The van der Waals surface area contributed by atoms with Crippen LogP contribution in [0.4, 0.5) is 5.69 Å². The molecule has 7 nitrogen and oxygen atoms in total. The lowest BCUT2D eigenvalue weighted by atomic mass is 9.82. The number of halogens is 1. The van der Waals surface area contributed by atoms with Crippen LogP contribution >= 0.6 is 27.7 Å². The molecule has 146 valence electrons. The highest BCUT2D eigenvalue weighted by Crippen LogP contribution is 2.43. The number of carbonyl (C=O) groups excluding carboxylic acids is 2. The highest BCUT2D eigenvalue weighted by molar-refractivity contribution is 9.09. The topological polar surface area (TPSA) is 138 Å². The van der Waals surface area contributed by atoms with E-state index >= 15 is 0 Å². The molecule has 0 amide bonds. The summed E-state index contributed by atoms with van der Waals surface area (Å²) in [6.07, 6.45) is 0. The predicted octanol–water partition coefficient (Wildman–Crippen LogP) is 3.89. The van der Waals surface area contributed by atoms with Gasteiger partial charge in [-0.05, 0) is 6.07 Å². The molecule has 0 aliphatic heterocycles. The summed E-state index contributed by atoms with van der Waals surface area (Å²) in [5.41, 5.74) is -0.665. The van der Waals surface area contributed by atoms with Crippen LogP contribution in [0.5, 0.6) is 5.75 Å². The first kappa shape index (κ1) is 21.1. The fourth-order valence-electron chi connectivity index (χ4n) is 3.04. The summed E-state index contributed by atoms with van der Waals surface area (Å²) in [5, 5.41) is 41.6. The molecule has 3 rings (SSSR count). The van der Waals surface area contributed by atoms with Crippen LogP contribution in [0.15, 0.2) is 46.5 Å². The number of allylic oxidation sites excluding steroid dienone is 2. The minimum atomic E-state index is -0.527. The van der Waals surface area contributed by atoms with Gasteiger partial charge in [-0.3, -0.25) is 9.59 Å². The number of nitrogens with zero attached hydrogens (tertiary/aromatic N) is 3. The second kappa shape index (κ2) is 8.84. The zero-order valence-corrected chi connectivity index (χ0v) is 17.6. The third-order valence-corrected chi connectivity index (χ3v) is 6.27. The summed E-state index contributed by atoms with van der Waals surface area (Å²) in [7, 11) is 0. The van der Waals surface area contributed by atoms with Crippen molar-refractivity contribution in [2.45, 2.75) is 4.90 Å². The second-order valence-electron chi connectivity index (χ2n) is 5.97. The molecule has 0 aromatic heterocycles. The molecule has 0 bridgehead atoms. The van der Waals surface area contributed by atoms with E-state index in [1.807, 2.05) is 0 Å². The van der Waals surface area contributed by atoms with Crippen LogP contribution < -0.4 is 5.32 Å². The molecule has 9 heteroatoms. The summed E-state index contributed by atoms with van der Waals surface area (Å²) in [4.78, 5) is 26.7. The smallest absolute Gasteiger partial charge is 0.198 e. The van der Waals surface area contributed by atoms with Crippen LogP contribution in [-0.4, -0.2) is 27.8 Å². The lowest BCUT2D eigenvalue weighted by Gasteiger charge is -2.23. The van der Waals surface area contributed by atoms with Crippen molar-refractivity contribution in [1.82, 2.24) is 0 Å². The largest absolute Gasteiger partial charge is 0.507 e. The summed E-state index contributed by atoms with van der Waals surface area (Å²) in [6.45, 7) is 0. The van der Waals surface area contributed by atoms with E-state index in [1.165, 1.54) is 30.0 Å². The number of fused-ring (bicyclic) bond motifs is 2. The number of rotatable bonds is 5. The van der Waals surface area contributed by atoms with Gasteiger partial charge < -0.3 is 10.4 Å². The Kier molecular flexibility index (Phi) is 6.23. The normalized spacial score (nSPS) is 11.4. The minimum absolute atomic E-state index is 0.0983. The van der Waals surface area contributed by atoms with E-state index in [9.17, 15) is 20.0 Å². The Bertz CT molecular complexity index is 1230. The molecule has 0 saturated heterocycles. The van der Waals surface area contributed by atoms with Gasteiger partial charge in [0.2, 0.25) is 0 Å². The lowest BCUT2D eigenvalue weighted by molar-refractivity contribution is 0.0977. The number of phenols is 1. The monoisotopic (exact) mass is 478 g/mol. The van der Waals surface area contributed by atoms with Crippen LogP contribution in [0.3, 0.4) is 0 Å². The number of hydrogen-bond donors (Lipinski definition) is 2. The van der Waals surface area contributed by atoms with E-state index in [2.05, 4.69) is 21.2 Å². The zero-order chi connectivity index (χ0) is 21.8. The molecule has 1 aliphatic carbocycles. The number of ketones is 2. The molecular weight excluding hydrogens is 468 g/mol. The Balaban J connectivity index is 2.33. The molecule has 0 unspecified atom stereocenters. The average Bonchev–Trinajstić information content (AvgIpc) is 2.76. The number of thioether (sulfide) groups is 1. The SMILES string of the molecule is N#CC(C#N)=C(C#N)Nc1c(SCCBr)cc(O)c2c1C(=O)c1ccccc1C2=O. The molecular formula is C21H11BrN4O3S. The van der Waals surface area contributed by atoms with Gasteiger partial charge in [0.1, 0.15) is 29.7 Å². The number of nitrogens with one attached hydrogen (secondary N) is 1. The average molecular weight is 479 g/mol. The van der Waals surface area contributed by atoms with Crippen LogP contribution in [0.1, 0.15) is 31.8 Å². The van der Waals surface area contributed by atoms with Crippen LogP contribution in [0, 0.1) is 34.0 Å². The number of benzene rings is 2. The first-order chi connectivity index (χ1) is 14.5. The number of hydrogen-bond acceptors (Lipinski definition) is 8. The van der Waals surface area contributed by atoms with Gasteiger partial charge in [-0.25, -0.2) is 0 Å². The van der Waals surface area contributed by atoms with E-state index < -0.39 is 17.1 Å². The maximum absolute atomic E-state index is 13.3. The molecule has 0 heterocycles. The van der Waals surface area contributed by atoms with Crippen molar-refractivity contribution in [2.75, 3.05) is 16.4 Å².